The number of anilines is 1. The number of halogens is 1. The number of nitrogens with one attached hydrogen (secondary N) is 1. The average Bonchev–Trinajstić information content (AvgIpc) is 2.50. The van der Waals surface area contributed by atoms with Gasteiger partial charge < -0.3 is 5.73 Å². The second-order valence-electron chi connectivity index (χ2n) is 3.52. The Morgan fingerprint density at radius 1 is 1.47 bits per heavy atom. The Morgan fingerprint density at radius 2 is 2.27 bits per heavy atom. The Bertz CT molecular complexity index is 457. The van der Waals surface area contributed by atoms with Crippen LogP contribution < -0.4 is 5.73 Å². The molecule has 3 nitrogen and oxygen atoms in total. The number of hydrogen-bond acceptors (Lipinski definition) is 2. The summed E-state index contributed by atoms with van der Waals surface area (Å²) in [5.74, 6) is 0.562. The molecule has 1 aromatic carbocycles. The number of nitrogen functional groups attached to an aromatic ring is 1. The van der Waals surface area contributed by atoms with Gasteiger partial charge in [-0.05, 0) is 24.6 Å². The Morgan fingerprint density at radius 3 is 2.87 bits per heavy atom. The highest BCUT2D eigenvalue weighted by molar-refractivity contribution is 6.30. The summed E-state index contributed by atoms with van der Waals surface area (Å²) in [5, 5.41) is 7.56. The van der Waals surface area contributed by atoms with Gasteiger partial charge in [-0.2, -0.15) is 5.10 Å². The number of nitrogens with two attached hydrogens (primary N) is 1. The van der Waals surface area contributed by atoms with Crippen LogP contribution in [0.3, 0.4) is 0 Å². The second kappa shape index (κ2) is 3.95. The van der Waals surface area contributed by atoms with Gasteiger partial charge in [0.1, 0.15) is 5.82 Å². The van der Waals surface area contributed by atoms with Crippen LogP contribution in [0, 0.1) is 6.92 Å². The number of nitrogens with zero attached hydrogens (tertiary/aromatic N) is 1. The summed E-state index contributed by atoms with van der Waals surface area (Å²) in [4.78, 5) is 0. The zero-order chi connectivity index (χ0) is 10.8. The standard InChI is InChI=1S/C11H12ClN3/c1-7-10(11(13)15-14-7)6-8-3-2-4-9(12)5-8/h2-5H,6H2,1H3,(H3,13,14,15). The topological polar surface area (TPSA) is 54.7 Å². The number of hydrogen-bond donors (Lipinski definition) is 2. The van der Waals surface area contributed by atoms with Crippen LogP contribution in [-0.4, -0.2) is 10.2 Å². The summed E-state index contributed by atoms with van der Waals surface area (Å²) >= 11 is 5.91. The van der Waals surface area contributed by atoms with Gasteiger partial charge in [-0.15, -0.1) is 0 Å². The lowest BCUT2D eigenvalue weighted by Crippen LogP contribution is -1.94. The minimum absolute atomic E-state index is 0.562. The van der Waals surface area contributed by atoms with Crippen molar-refractivity contribution in [1.82, 2.24) is 10.2 Å². The molecular weight excluding hydrogens is 210 g/mol. The van der Waals surface area contributed by atoms with Crippen LogP contribution in [0.4, 0.5) is 5.82 Å². The lowest BCUT2D eigenvalue weighted by Gasteiger charge is -2.02. The molecule has 3 N–H and O–H groups in total. The van der Waals surface area contributed by atoms with Crippen molar-refractivity contribution in [2.75, 3.05) is 5.73 Å². The molecule has 0 saturated heterocycles. The van der Waals surface area contributed by atoms with Crippen LogP contribution in [0.1, 0.15) is 16.8 Å². The van der Waals surface area contributed by atoms with E-state index >= 15 is 0 Å². The van der Waals surface area contributed by atoms with Crippen LogP contribution in [0.2, 0.25) is 5.02 Å². The molecule has 0 amide bonds. The molecule has 0 unspecified atom stereocenters. The zero-order valence-corrected chi connectivity index (χ0v) is 9.17. The first kappa shape index (κ1) is 10.1. The monoisotopic (exact) mass is 221 g/mol. The minimum atomic E-state index is 0.562. The quantitative estimate of drug-likeness (QED) is 0.819. The van der Waals surface area contributed by atoms with E-state index < -0.39 is 0 Å². The Hall–Kier alpha value is -1.48. The van der Waals surface area contributed by atoms with Crippen molar-refractivity contribution in [2.24, 2.45) is 0 Å². The number of aromatic nitrogens is 2. The van der Waals surface area contributed by atoms with Crippen LogP contribution >= 0.6 is 11.6 Å². The molecule has 1 aromatic heterocycles. The summed E-state index contributed by atoms with van der Waals surface area (Å²) in [7, 11) is 0. The molecule has 78 valence electrons. The van der Waals surface area contributed by atoms with Gasteiger partial charge >= 0.3 is 0 Å². The first-order chi connectivity index (χ1) is 7.16. The van der Waals surface area contributed by atoms with Gasteiger partial charge in [0, 0.05) is 22.7 Å². The van der Waals surface area contributed by atoms with Crippen LogP contribution in [-0.2, 0) is 6.42 Å². The third-order valence-electron chi connectivity index (χ3n) is 2.38. The summed E-state index contributed by atoms with van der Waals surface area (Å²) in [6.45, 7) is 1.96. The molecule has 0 fully saturated rings. The second-order valence-corrected chi connectivity index (χ2v) is 3.96. The van der Waals surface area contributed by atoms with Gasteiger partial charge in [0.25, 0.3) is 0 Å². The number of aryl methyl sites for hydroxylation is 1. The van der Waals surface area contributed by atoms with Gasteiger partial charge in [-0.1, -0.05) is 23.7 Å². The largest absolute Gasteiger partial charge is 0.382 e. The van der Waals surface area contributed by atoms with E-state index in [2.05, 4.69) is 10.2 Å². The molecule has 0 atom stereocenters. The number of aromatic amines is 1. The smallest absolute Gasteiger partial charge is 0.148 e. The van der Waals surface area contributed by atoms with Crippen molar-refractivity contribution >= 4 is 17.4 Å². The maximum absolute atomic E-state index is 5.91. The Kier molecular flexibility index (Phi) is 2.64. The molecule has 1 heterocycles. The summed E-state index contributed by atoms with van der Waals surface area (Å²) in [5.41, 5.74) is 8.94. The van der Waals surface area contributed by atoms with E-state index in [1.54, 1.807) is 0 Å². The van der Waals surface area contributed by atoms with E-state index in [9.17, 15) is 0 Å². The lowest BCUT2D eigenvalue weighted by molar-refractivity contribution is 1.04. The first-order valence-electron chi connectivity index (χ1n) is 4.70. The molecule has 2 rings (SSSR count). The normalized spacial score (nSPS) is 10.5. The third-order valence-corrected chi connectivity index (χ3v) is 2.61. The van der Waals surface area contributed by atoms with E-state index in [0.29, 0.717) is 5.82 Å². The van der Waals surface area contributed by atoms with Gasteiger partial charge in [0.05, 0.1) is 0 Å². The average molecular weight is 222 g/mol. The van der Waals surface area contributed by atoms with Crippen LogP contribution in [0.15, 0.2) is 24.3 Å². The van der Waals surface area contributed by atoms with Crippen molar-refractivity contribution in [3.63, 3.8) is 0 Å². The summed E-state index contributed by atoms with van der Waals surface area (Å²) < 4.78 is 0. The van der Waals surface area contributed by atoms with Crippen LogP contribution in [0.25, 0.3) is 0 Å². The minimum Gasteiger partial charge on any atom is -0.382 e. The van der Waals surface area contributed by atoms with E-state index in [1.165, 1.54) is 0 Å². The van der Waals surface area contributed by atoms with E-state index in [1.807, 2.05) is 31.2 Å². The molecule has 0 bridgehead atoms. The van der Waals surface area contributed by atoms with Gasteiger partial charge in [0.2, 0.25) is 0 Å². The van der Waals surface area contributed by atoms with E-state index in [0.717, 1.165) is 28.3 Å². The highest BCUT2D eigenvalue weighted by atomic mass is 35.5. The fraction of sp³-hybridized carbons (Fsp3) is 0.182. The molecule has 0 radical (unpaired) electrons. The molecule has 0 saturated carbocycles. The molecule has 2 aromatic rings. The number of H-pyrrole nitrogens is 1. The van der Waals surface area contributed by atoms with Crippen molar-refractivity contribution in [3.05, 3.63) is 46.1 Å². The Labute approximate surface area is 93.3 Å². The van der Waals surface area contributed by atoms with E-state index in [-0.39, 0.29) is 0 Å². The molecule has 4 heteroatoms. The zero-order valence-electron chi connectivity index (χ0n) is 8.42. The van der Waals surface area contributed by atoms with Crippen molar-refractivity contribution in [3.8, 4) is 0 Å². The lowest BCUT2D eigenvalue weighted by atomic mass is 10.1. The fourth-order valence-corrected chi connectivity index (χ4v) is 1.76. The molecule has 0 aliphatic heterocycles. The molecule has 0 aliphatic carbocycles. The maximum atomic E-state index is 5.91. The molecule has 0 spiro atoms. The van der Waals surface area contributed by atoms with Crippen LogP contribution in [0.5, 0.6) is 0 Å². The highest BCUT2D eigenvalue weighted by Crippen LogP contribution is 2.19. The Balaban J connectivity index is 2.29. The van der Waals surface area contributed by atoms with Crippen molar-refractivity contribution < 1.29 is 0 Å². The highest BCUT2D eigenvalue weighted by Gasteiger charge is 2.07. The number of rotatable bonds is 2. The van der Waals surface area contributed by atoms with Gasteiger partial charge in [-0.3, -0.25) is 5.10 Å². The van der Waals surface area contributed by atoms with Gasteiger partial charge in [0.15, 0.2) is 0 Å². The van der Waals surface area contributed by atoms with Crippen molar-refractivity contribution in [1.29, 1.82) is 0 Å². The summed E-state index contributed by atoms with van der Waals surface area (Å²) in [6.07, 6.45) is 0.759. The van der Waals surface area contributed by atoms with Gasteiger partial charge in [-0.25, -0.2) is 0 Å². The molecule has 0 aliphatic rings. The van der Waals surface area contributed by atoms with Crippen molar-refractivity contribution in [2.45, 2.75) is 13.3 Å². The molecule has 15 heavy (non-hydrogen) atoms. The predicted molar refractivity (Wildman–Crippen MR) is 62.0 cm³/mol. The summed E-state index contributed by atoms with van der Waals surface area (Å²) in [6, 6.07) is 7.76. The fourth-order valence-electron chi connectivity index (χ4n) is 1.55. The first-order valence-corrected chi connectivity index (χ1v) is 5.08. The number of benzene rings is 1. The predicted octanol–water partition coefficient (Wildman–Crippen LogP) is 2.54. The SMILES string of the molecule is Cc1[nH]nc(N)c1Cc1cccc(Cl)c1. The maximum Gasteiger partial charge on any atom is 0.148 e. The molecular formula is C11H12ClN3. The van der Waals surface area contributed by atoms with E-state index in [4.69, 9.17) is 17.3 Å². The third kappa shape index (κ3) is 2.13.